The number of methoxy groups -OCH3 is 1. The molecule has 1 aromatic heterocycles. The Morgan fingerprint density at radius 1 is 0.730 bits per heavy atom. The first-order valence-corrected chi connectivity index (χ1v) is 13.8. The number of hydrogen-bond acceptors (Lipinski definition) is 3. The fourth-order valence-electron chi connectivity index (χ4n) is 4.92. The second kappa shape index (κ2) is 13.8. The molecule has 0 aliphatic carbocycles. The maximum Gasteiger partial charge on any atom is 0.140 e. The molecule has 4 heteroatoms. The molecule has 0 amide bonds. The zero-order chi connectivity index (χ0) is 25.9. The van der Waals surface area contributed by atoms with Gasteiger partial charge in [0.05, 0.1) is 18.5 Å². The van der Waals surface area contributed by atoms with Crippen molar-refractivity contribution in [2.24, 2.45) is 0 Å². The van der Waals surface area contributed by atoms with Crippen LogP contribution in [0.2, 0.25) is 0 Å². The molecule has 37 heavy (non-hydrogen) atoms. The van der Waals surface area contributed by atoms with Gasteiger partial charge < -0.3 is 9.30 Å². The predicted octanol–water partition coefficient (Wildman–Crippen LogP) is 8.22. The largest absolute Gasteiger partial charge is 0.496 e. The molecule has 4 nitrogen and oxygen atoms in total. The number of aromatic nitrogens is 2. The molecule has 0 atom stereocenters. The van der Waals surface area contributed by atoms with Crippen LogP contribution in [0.1, 0.15) is 57.2 Å². The van der Waals surface area contributed by atoms with Crippen molar-refractivity contribution in [2.45, 2.75) is 65.6 Å². The van der Waals surface area contributed by atoms with Gasteiger partial charge in [0, 0.05) is 36.3 Å². The van der Waals surface area contributed by atoms with Crippen LogP contribution in [0.25, 0.3) is 22.6 Å². The molecule has 0 N–H and O–H groups in total. The minimum absolute atomic E-state index is 0.842. The third kappa shape index (κ3) is 6.90. The number of ether oxygens (including phenoxy) is 1. The summed E-state index contributed by atoms with van der Waals surface area (Å²) < 4.78 is 8.20. The second-order valence-corrected chi connectivity index (χ2v) is 9.70. The molecular formula is C33H41N3O. The summed E-state index contributed by atoms with van der Waals surface area (Å²) in [5.74, 6) is 2.02. The molecule has 0 fully saturated rings. The fraction of sp³-hybridized carbons (Fsp3) is 0.364. The number of hydrogen-bond donors (Lipinski definition) is 0. The Hall–Kier alpha value is -3.37. The van der Waals surface area contributed by atoms with Crippen molar-refractivity contribution in [3.05, 3.63) is 96.2 Å². The van der Waals surface area contributed by atoms with E-state index in [2.05, 4.69) is 102 Å². The Bertz CT molecular complexity index is 1220. The molecule has 0 aliphatic rings. The summed E-state index contributed by atoms with van der Waals surface area (Å²) in [6, 6.07) is 29.7. The molecule has 3 aromatic carbocycles. The van der Waals surface area contributed by atoms with Gasteiger partial charge in [-0.25, -0.2) is 4.98 Å². The Labute approximate surface area is 222 Å². The van der Waals surface area contributed by atoms with Crippen molar-refractivity contribution >= 4 is 0 Å². The van der Waals surface area contributed by atoms with E-state index >= 15 is 0 Å². The standard InChI is InChI=1S/C33H41N3O/c1-4-6-16-24-36-30(26-35(23-7-5-2)25-29-21-14-15-22-31(29)37-3)32(27-17-10-8-11-18-27)34-33(36)28-19-12-9-13-20-28/h8-15,17-22H,4-7,16,23-26H2,1-3H3. The van der Waals surface area contributed by atoms with Crippen molar-refractivity contribution in [2.75, 3.05) is 13.7 Å². The molecule has 0 unspecified atom stereocenters. The molecule has 0 saturated carbocycles. The van der Waals surface area contributed by atoms with Gasteiger partial charge in [-0.15, -0.1) is 0 Å². The summed E-state index contributed by atoms with van der Waals surface area (Å²) in [4.78, 5) is 7.88. The number of para-hydroxylation sites is 1. The average Bonchev–Trinajstić information content (AvgIpc) is 3.31. The van der Waals surface area contributed by atoms with Gasteiger partial charge >= 0.3 is 0 Å². The molecular weight excluding hydrogens is 454 g/mol. The van der Waals surface area contributed by atoms with E-state index in [-0.39, 0.29) is 0 Å². The first kappa shape index (κ1) is 26.7. The lowest BCUT2D eigenvalue weighted by Gasteiger charge is -2.25. The molecule has 0 saturated heterocycles. The smallest absolute Gasteiger partial charge is 0.140 e. The van der Waals surface area contributed by atoms with Crippen LogP contribution < -0.4 is 4.74 Å². The third-order valence-corrected chi connectivity index (χ3v) is 6.92. The Morgan fingerprint density at radius 3 is 2.05 bits per heavy atom. The van der Waals surface area contributed by atoms with Crippen molar-refractivity contribution in [1.29, 1.82) is 0 Å². The van der Waals surface area contributed by atoms with E-state index in [1.54, 1.807) is 7.11 Å². The highest BCUT2D eigenvalue weighted by molar-refractivity contribution is 5.68. The van der Waals surface area contributed by atoms with Crippen LogP contribution in [-0.2, 0) is 19.6 Å². The van der Waals surface area contributed by atoms with Gasteiger partial charge in [-0.2, -0.15) is 0 Å². The molecule has 4 rings (SSSR count). The number of nitrogens with zero attached hydrogens (tertiary/aromatic N) is 3. The molecule has 4 aromatic rings. The van der Waals surface area contributed by atoms with Gasteiger partial charge in [0.2, 0.25) is 0 Å². The lowest BCUT2D eigenvalue weighted by atomic mass is 10.1. The van der Waals surface area contributed by atoms with Crippen molar-refractivity contribution < 1.29 is 4.74 Å². The molecule has 194 valence electrons. The minimum atomic E-state index is 0.842. The zero-order valence-corrected chi connectivity index (χ0v) is 22.7. The molecule has 0 aliphatic heterocycles. The number of benzene rings is 3. The van der Waals surface area contributed by atoms with Crippen LogP contribution in [-0.4, -0.2) is 28.1 Å². The Morgan fingerprint density at radius 2 is 1.38 bits per heavy atom. The lowest BCUT2D eigenvalue weighted by Crippen LogP contribution is -2.26. The van der Waals surface area contributed by atoms with Gasteiger partial charge in [0.15, 0.2) is 0 Å². The summed E-state index contributed by atoms with van der Waals surface area (Å²) in [5, 5.41) is 0. The van der Waals surface area contributed by atoms with Gasteiger partial charge in [0.25, 0.3) is 0 Å². The highest BCUT2D eigenvalue weighted by atomic mass is 16.5. The van der Waals surface area contributed by atoms with Crippen LogP contribution >= 0.6 is 0 Å². The normalized spacial score (nSPS) is 11.2. The highest BCUT2D eigenvalue weighted by Gasteiger charge is 2.22. The van der Waals surface area contributed by atoms with E-state index in [0.29, 0.717) is 0 Å². The van der Waals surface area contributed by atoms with Gasteiger partial charge in [-0.1, -0.05) is 112 Å². The van der Waals surface area contributed by atoms with Crippen LogP contribution in [0.15, 0.2) is 84.9 Å². The minimum Gasteiger partial charge on any atom is -0.496 e. The van der Waals surface area contributed by atoms with Crippen molar-refractivity contribution in [3.63, 3.8) is 0 Å². The quantitative estimate of drug-likeness (QED) is 0.165. The van der Waals surface area contributed by atoms with Gasteiger partial charge in [-0.05, 0) is 25.5 Å². The van der Waals surface area contributed by atoms with E-state index in [1.165, 1.54) is 41.6 Å². The number of rotatable bonds is 14. The monoisotopic (exact) mass is 495 g/mol. The van der Waals surface area contributed by atoms with Gasteiger partial charge in [0.1, 0.15) is 11.6 Å². The van der Waals surface area contributed by atoms with E-state index in [9.17, 15) is 0 Å². The SMILES string of the molecule is CCCCCn1c(-c2ccccc2)nc(-c2ccccc2)c1CN(CCCC)Cc1ccccc1OC. The van der Waals surface area contributed by atoms with E-state index in [1.807, 2.05) is 6.07 Å². The van der Waals surface area contributed by atoms with Crippen LogP contribution in [0.5, 0.6) is 5.75 Å². The Kier molecular flexibility index (Phi) is 9.96. The molecule has 0 bridgehead atoms. The molecule has 0 spiro atoms. The van der Waals surface area contributed by atoms with Crippen LogP contribution in [0.3, 0.4) is 0 Å². The summed E-state index contributed by atoms with van der Waals surface area (Å²) in [7, 11) is 1.76. The zero-order valence-electron chi connectivity index (χ0n) is 22.7. The van der Waals surface area contributed by atoms with E-state index < -0.39 is 0 Å². The van der Waals surface area contributed by atoms with E-state index in [0.717, 1.165) is 56.3 Å². The molecule has 1 heterocycles. The first-order valence-electron chi connectivity index (χ1n) is 13.8. The first-order chi connectivity index (χ1) is 18.2. The topological polar surface area (TPSA) is 30.3 Å². The predicted molar refractivity (Wildman–Crippen MR) is 155 cm³/mol. The molecule has 0 radical (unpaired) electrons. The van der Waals surface area contributed by atoms with Crippen molar-refractivity contribution in [1.82, 2.24) is 14.5 Å². The summed E-state index contributed by atoms with van der Waals surface area (Å²) >= 11 is 0. The van der Waals surface area contributed by atoms with Crippen LogP contribution in [0.4, 0.5) is 0 Å². The summed E-state index contributed by atoms with van der Waals surface area (Å²) in [5.41, 5.74) is 5.97. The summed E-state index contributed by atoms with van der Waals surface area (Å²) in [6.07, 6.45) is 5.89. The third-order valence-electron chi connectivity index (χ3n) is 6.92. The van der Waals surface area contributed by atoms with Crippen LogP contribution in [0, 0.1) is 0 Å². The lowest BCUT2D eigenvalue weighted by molar-refractivity contribution is 0.242. The Balaban J connectivity index is 1.80. The van der Waals surface area contributed by atoms with Gasteiger partial charge in [-0.3, -0.25) is 4.90 Å². The fourth-order valence-corrected chi connectivity index (χ4v) is 4.92. The highest BCUT2D eigenvalue weighted by Crippen LogP contribution is 2.32. The number of imidazole rings is 1. The maximum atomic E-state index is 5.70. The average molecular weight is 496 g/mol. The summed E-state index contributed by atoms with van der Waals surface area (Å²) in [6.45, 7) is 8.22. The van der Waals surface area contributed by atoms with E-state index in [4.69, 9.17) is 9.72 Å². The van der Waals surface area contributed by atoms with Crippen molar-refractivity contribution in [3.8, 4) is 28.4 Å². The number of unbranched alkanes of at least 4 members (excludes halogenated alkanes) is 3. The maximum absolute atomic E-state index is 5.70. The second-order valence-electron chi connectivity index (χ2n) is 9.70.